The van der Waals surface area contributed by atoms with Gasteiger partial charge in [-0.1, -0.05) is 0 Å². The number of hydrogen-bond acceptors (Lipinski definition) is 2. The largest absolute Gasteiger partial charge is 0.383 e. The van der Waals surface area contributed by atoms with Crippen LogP contribution in [0, 0.1) is 0 Å². The molecule has 0 saturated heterocycles. The normalized spacial score (nSPS) is 11.1. The molecule has 74 valence electrons. The average molecular weight is 184 g/mol. The smallest absolute Gasteiger partial charge is 0.328 e. The van der Waals surface area contributed by atoms with Crippen molar-refractivity contribution in [3.05, 3.63) is 22.9 Å². The summed E-state index contributed by atoms with van der Waals surface area (Å²) in [7, 11) is 1.63. The molecule has 13 heavy (non-hydrogen) atoms. The highest BCUT2D eigenvalue weighted by molar-refractivity contribution is 4.83. The third-order valence-electron chi connectivity index (χ3n) is 1.97. The standard InChI is InChI=1S/C9H16N2O2/c1-8(2)11-5-4-10(9(11)12)6-7-13-3/h4-5,8H,6-7H2,1-3H3. The summed E-state index contributed by atoms with van der Waals surface area (Å²) in [6, 6.07) is 0.219. The molecule has 4 nitrogen and oxygen atoms in total. The van der Waals surface area contributed by atoms with Gasteiger partial charge in [0, 0.05) is 25.5 Å². The molecule has 0 amide bonds. The van der Waals surface area contributed by atoms with Crippen molar-refractivity contribution in [2.24, 2.45) is 0 Å². The maximum atomic E-state index is 11.6. The molecular weight excluding hydrogens is 168 g/mol. The molecule has 1 aromatic rings. The highest BCUT2D eigenvalue weighted by Crippen LogP contribution is 1.98. The zero-order chi connectivity index (χ0) is 9.84. The topological polar surface area (TPSA) is 36.2 Å². The van der Waals surface area contributed by atoms with Gasteiger partial charge in [0.15, 0.2) is 0 Å². The molecule has 0 spiro atoms. The van der Waals surface area contributed by atoms with Crippen molar-refractivity contribution in [3.63, 3.8) is 0 Å². The summed E-state index contributed by atoms with van der Waals surface area (Å²) in [6.07, 6.45) is 3.60. The summed E-state index contributed by atoms with van der Waals surface area (Å²) in [6.45, 7) is 5.17. The van der Waals surface area contributed by atoms with Crippen molar-refractivity contribution < 1.29 is 4.74 Å². The van der Waals surface area contributed by atoms with Crippen molar-refractivity contribution in [2.45, 2.75) is 26.4 Å². The van der Waals surface area contributed by atoms with Crippen LogP contribution >= 0.6 is 0 Å². The number of imidazole rings is 1. The predicted molar refractivity (Wildman–Crippen MR) is 51.0 cm³/mol. The summed E-state index contributed by atoms with van der Waals surface area (Å²) in [4.78, 5) is 11.6. The molecule has 0 radical (unpaired) electrons. The van der Waals surface area contributed by atoms with Gasteiger partial charge in [-0.25, -0.2) is 4.79 Å². The van der Waals surface area contributed by atoms with Crippen LogP contribution < -0.4 is 5.69 Å². The lowest BCUT2D eigenvalue weighted by molar-refractivity contribution is 0.186. The highest BCUT2D eigenvalue weighted by Gasteiger charge is 2.04. The Labute approximate surface area is 77.7 Å². The van der Waals surface area contributed by atoms with Crippen LogP contribution in [0.4, 0.5) is 0 Å². The van der Waals surface area contributed by atoms with E-state index in [9.17, 15) is 4.79 Å². The van der Waals surface area contributed by atoms with Crippen molar-refractivity contribution in [2.75, 3.05) is 13.7 Å². The molecule has 1 aromatic heterocycles. The van der Waals surface area contributed by atoms with Crippen LogP contribution in [0.2, 0.25) is 0 Å². The van der Waals surface area contributed by atoms with Gasteiger partial charge in [-0.2, -0.15) is 0 Å². The lowest BCUT2D eigenvalue weighted by Crippen LogP contribution is -2.26. The van der Waals surface area contributed by atoms with Crippen LogP contribution in [0.3, 0.4) is 0 Å². The minimum Gasteiger partial charge on any atom is -0.383 e. The minimum absolute atomic E-state index is 0.0343. The second-order valence-electron chi connectivity index (χ2n) is 3.27. The van der Waals surface area contributed by atoms with E-state index in [1.807, 2.05) is 20.0 Å². The maximum Gasteiger partial charge on any atom is 0.328 e. The van der Waals surface area contributed by atoms with Gasteiger partial charge in [0.1, 0.15) is 0 Å². The van der Waals surface area contributed by atoms with E-state index in [0.29, 0.717) is 13.2 Å². The third kappa shape index (κ3) is 2.21. The Morgan fingerprint density at radius 3 is 2.62 bits per heavy atom. The first kappa shape index (κ1) is 10.1. The van der Waals surface area contributed by atoms with Gasteiger partial charge in [0.05, 0.1) is 13.2 Å². The summed E-state index contributed by atoms with van der Waals surface area (Å²) in [5.74, 6) is 0. The van der Waals surface area contributed by atoms with Gasteiger partial charge in [-0.15, -0.1) is 0 Å². The Balaban J connectivity index is 2.81. The fraction of sp³-hybridized carbons (Fsp3) is 0.667. The zero-order valence-corrected chi connectivity index (χ0v) is 8.36. The van der Waals surface area contributed by atoms with Crippen molar-refractivity contribution in [1.29, 1.82) is 0 Å². The van der Waals surface area contributed by atoms with E-state index in [4.69, 9.17) is 4.74 Å². The summed E-state index contributed by atoms with van der Waals surface area (Å²) >= 11 is 0. The Bertz CT molecular complexity index is 312. The molecule has 1 rings (SSSR count). The average Bonchev–Trinajstić information content (AvgIpc) is 2.43. The van der Waals surface area contributed by atoms with Gasteiger partial charge in [-0.3, -0.25) is 9.13 Å². The lowest BCUT2D eigenvalue weighted by atomic mass is 10.4. The van der Waals surface area contributed by atoms with Crippen LogP contribution in [0.1, 0.15) is 19.9 Å². The third-order valence-corrected chi connectivity index (χ3v) is 1.97. The second kappa shape index (κ2) is 4.28. The molecule has 0 bridgehead atoms. The van der Waals surface area contributed by atoms with Gasteiger partial charge >= 0.3 is 5.69 Å². The first-order chi connectivity index (χ1) is 6.16. The van der Waals surface area contributed by atoms with Gasteiger partial charge in [-0.05, 0) is 13.8 Å². The monoisotopic (exact) mass is 184 g/mol. The van der Waals surface area contributed by atoms with E-state index in [0.717, 1.165) is 0 Å². The molecule has 0 aliphatic rings. The number of methoxy groups -OCH3 is 1. The van der Waals surface area contributed by atoms with E-state index in [-0.39, 0.29) is 11.7 Å². The molecule has 0 aliphatic carbocycles. The molecule has 1 heterocycles. The van der Waals surface area contributed by atoms with E-state index in [2.05, 4.69) is 0 Å². The number of rotatable bonds is 4. The fourth-order valence-corrected chi connectivity index (χ4v) is 1.18. The van der Waals surface area contributed by atoms with E-state index < -0.39 is 0 Å². The van der Waals surface area contributed by atoms with Crippen LogP contribution in [0.25, 0.3) is 0 Å². The Morgan fingerprint density at radius 2 is 2.15 bits per heavy atom. The molecule has 0 aromatic carbocycles. The van der Waals surface area contributed by atoms with E-state index in [1.54, 1.807) is 22.4 Å². The van der Waals surface area contributed by atoms with Gasteiger partial charge in [0.25, 0.3) is 0 Å². The summed E-state index contributed by atoms with van der Waals surface area (Å²) < 4.78 is 8.26. The minimum atomic E-state index is 0.0343. The Morgan fingerprint density at radius 1 is 1.46 bits per heavy atom. The Hall–Kier alpha value is -1.03. The lowest BCUT2D eigenvalue weighted by Gasteiger charge is -2.04. The maximum absolute atomic E-state index is 11.6. The Kier molecular flexibility index (Phi) is 3.31. The molecule has 0 unspecified atom stereocenters. The van der Waals surface area contributed by atoms with Crippen LogP contribution in [0.5, 0.6) is 0 Å². The molecule has 0 saturated carbocycles. The first-order valence-corrected chi connectivity index (χ1v) is 4.43. The number of aromatic nitrogens is 2. The van der Waals surface area contributed by atoms with Crippen LogP contribution in [0.15, 0.2) is 17.2 Å². The van der Waals surface area contributed by atoms with Crippen molar-refractivity contribution >= 4 is 0 Å². The highest BCUT2D eigenvalue weighted by atomic mass is 16.5. The predicted octanol–water partition coefficient (Wildman–Crippen LogP) is 0.877. The SMILES string of the molecule is COCCn1ccn(C(C)C)c1=O. The van der Waals surface area contributed by atoms with Crippen molar-refractivity contribution in [1.82, 2.24) is 9.13 Å². The van der Waals surface area contributed by atoms with Crippen molar-refractivity contribution in [3.8, 4) is 0 Å². The van der Waals surface area contributed by atoms with E-state index in [1.165, 1.54) is 0 Å². The number of ether oxygens (including phenoxy) is 1. The fourth-order valence-electron chi connectivity index (χ4n) is 1.18. The summed E-state index contributed by atoms with van der Waals surface area (Å²) in [5.41, 5.74) is 0.0343. The molecule has 0 N–H and O–H groups in total. The number of nitrogens with zero attached hydrogens (tertiary/aromatic N) is 2. The zero-order valence-electron chi connectivity index (χ0n) is 8.36. The molecule has 0 fully saturated rings. The first-order valence-electron chi connectivity index (χ1n) is 4.43. The molecule has 0 atom stereocenters. The quantitative estimate of drug-likeness (QED) is 0.696. The van der Waals surface area contributed by atoms with E-state index >= 15 is 0 Å². The van der Waals surface area contributed by atoms with Gasteiger partial charge in [0.2, 0.25) is 0 Å². The molecule has 0 aliphatic heterocycles. The van der Waals surface area contributed by atoms with Crippen LogP contribution in [-0.2, 0) is 11.3 Å². The molecular formula is C9H16N2O2. The van der Waals surface area contributed by atoms with Crippen LogP contribution in [-0.4, -0.2) is 22.9 Å². The van der Waals surface area contributed by atoms with Gasteiger partial charge < -0.3 is 4.74 Å². The number of hydrogen-bond donors (Lipinski definition) is 0. The molecule has 4 heteroatoms. The second-order valence-corrected chi connectivity index (χ2v) is 3.27. The summed E-state index contributed by atoms with van der Waals surface area (Å²) in [5, 5.41) is 0.